The van der Waals surface area contributed by atoms with E-state index in [0.29, 0.717) is 10.8 Å². The second-order valence-corrected chi connectivity index (χ2v) is 4.94. The molecule has 0 aliphatic carbocycles. The second kappa shape index (κ2) is 5.84. The van der Waals surface area contributed by atoms with Crippen molar-refractivity contribution in [3.63, 3.8) is 0 Å². The van der Waals surface area contributed by atoms with Crippen molar-refractivity contribution in [1.29, 1.82) is 0 Å². The minimum Gasteiger partial charge on any atom is -0.258 e. The van der Waals surface area contributed by atoms with Crippen LogP contribution < -0.4 is 0 Å². The maximum absolute atomic E-state index is 10.6. The summed E-state index contributed by atoms with van der Waals surface area (Å²) in [6, 6.07) is 1.79. The standard InChI is InChI=1S/C11H16N2O2S/c1-4-9(5-2)16-11-6-8(3)10(7-12-11)13(14)15/h6-7,9H,4-5H2,1-3H3. The Labute approximate surface area is 99.6 Å². The lowest BCUT2D eigenvalue weighted by Crippen LogP contribution is -2.00. The van der Waals surface area contributed by atoms with Gasteiger partial charge in [0.1, 0.15) is 6.20 Å². The highest BCUT2D eigenvalue weighted by atomic mass is 32.2. The van der Waals surface area contributed by atoms with Crippen molar-refractivity contribution in [2.24, 2.45) is 0 Å². The third-order valence-electron chi connectivity index (χ3n) is 2.45. The molecule has 5 heteroatoms. The van der Waals surface area contributed by atoms with E-state index in [2.05, 4.69) is 18.8 Å². The van der Waals surface area contributed by atoms with Crippen molar-refractivity contribution in [3.05, 3.63) is 27.9 Å². The van der Waals surface area contributed by atoms with Gasteiger partial charge in [0.25, 0.3) is 5.69 Å². The number of aromatic nitrogens is 1. The molecule has 16 heavy (non-hydrogen) atoms. The van der Waals surface area contributed by atoms with E-state index in [-0.39, 0.29) is 5.69 Å². The number of hydrogen-bond acceptors (Lipinski definition) is 4. The summed E-state index contributed by atoms with van der Waals surface area (Å²) in [5, 5.41) is 12.0. The number of hydrogen-bond donors (Lipinski definition) is 0. The van der Waals surface area contributed by atoms with E-state index in [1.54, 1.807) is 24.8 Å². The molecule has 1 aromatic heterocycles. The Bertz CT molecular complexity index is 378. The van der Waals surface area contributed by atoms with Gasteiger partial charge in [-0.3, -0.25) is 10.1 Å². The molecule has 0 atom stereocenters. The molecule has 0 aliphatic heterocycles. The van der Waals surface area contributed by atoms with Crippen LogP contribution in [0.2, 0.25) is 0 Å². The monoisotopic (exact) mass is 240 g/mol. The van der Waals surface area contributed by atoms with Gasteiger partial charge in [-0.05, 0) is 25.8 Å². The first-order valence-electron chi connectivity index (χ1n) is 5.36. The maximum Gasteiger partial charge on any atom is 0.290 e. The van der Waals surface area contributed by atoms with Crippen LogP contribution in [0.5, 0.6) is 0 Å². The average molecular weight is 240 g/mol. The SMILES string of the molecule is CCC(CC)Sc1cc(C)c([N+](=O)[O-])cn1. The van der Waals surface area contributed by atoms with Crippen LogP contribution >= 0.6 is 11.8 Å². The molecule has 0 N–H and O–H groups in total. The Hall–Kier alpha value is -1.10. The average Bonchev–Trinajstić information content (AvgIpc) is 2.25. The molecular formula is C11H16N2O2S. The molecule has 0 unspecified atom stereocenters. The fraction of sp³-hybridized carbons (Fsp3) is 0.545. The molecule has 0 saturated heterocycles. The second-order valence-electron chi connectivity index (χ2n) is 3.62. The first-order chi connectivity index (χ1) is 7.58. The molecular weight excluding hydrogens is 224 g/mol. The largest absolute Gasteiger partial charge is 0.290 e. The first kappa shape index (κ1) is 13.0. The van der Waals surface area contributed by atoms with Crippen molar-refractivity contribution in [3.8, 4) is 0 Å². The van der Waals surface area contributed by atoms with E-state index in [1.165, 1.54) is 6.20 Å². The molecule has 0 aromatic carbocycles. The van der Waals surface area contributed by atoms with E-state index in [0.717, 1.165) is 17.9 Å². The predicted molar refractivity (Wildman–Crippen MR) is 65.9 cm³/mol. The molecule has 0 fully saturated rings. The summed E-state index contributed by atoms with van der Waals surface area (Å²) >= 11 is 1.69. The van der Waals surface area contributed by atoms with Gasteiger partial charge in [0.05, 0.1) is 9.95 Å². The molecule has 1 heterocycles. The lowest BCUT2D eigenvalue weighted by molar-refractivity contribution is -0.385. The summed E-state index contributed by atoms with van der Waals surface area (Å²) < 4.78 is 0. The quantitative estimate of drug-likeness (QED) is 0.448. The van der Waals surface area contributed by atoms with Gasteiger partial charge >= 0.3 is 0 Å². The van der Waals surface area contributed by atoms with Crippen molar-refractivity contribution in [1.82, 2.24) is 4.98 Å². The minimum absolute atomic E-state index is 0.0916. The Morgan fingerprint density at radius 3 is 2.56 bits per heavy atom. The summed E-state index contributed by atoms with van der Waals surface area (Å²) in [6.45, 7) is 6.02. The summed E-state index contributed by atoms with van der Waals surface area (Å²) in [5.41, 5.74) is 0.766. The van der Waals surface area contributed by atoms with Gasteiger partial charge in [-0.15, -0.1) is 11.8 Å². The van der Waals surface area contributed by atoms with Gasteiger partial charge < -0.3 is 0 Å². The van der Waals surface area contributed by atoms with Crippen molar-refractivity contribution >= 4 is 17.4 Å². The molecule has 0 amide bonds. The van der Waals surface area contributed by atoms with Crippen LogP contribution in [0.1, 0.15) is 32.3 Å². The summed E-state index contributed by atoms with van der Waals surface area (Å²) in [7, 11) is 0. The molecule has 4 nitrogen and oxygen atoms in total. The molecule has 88 valence electrons. The number of aryl methyl sites for hydroxylation is 1. The highest BCUT2D eigenvalue weighted by Crippen LogP contribution is 2.28. The van der Waals surface area contributed by atoms with Crippen molar-refractivity contribution in [2.45, 2.75) is 43.9 Å². The van der Waals surface area contributed by atoms with Gasteiger partial charge in [0.15, 0.2) is 0 Å². The van der Waals surface area contributed by atoms with Crippen LogP contribution in [0.3, 0.4) is 0 Å². The Morgan fingerprint density at radius 2 is 2.12 bits per heavy atom. The van der Waals surface area contributed by atoms with Gasteiger partial charge in [-0.25, -0.2) is 4.98 Å². The van der Waals surface area contributed by atoms with Crippen molar-refractivity contribution in [2.75, 3.05) is 0 Å². The zero-order valence-corrected chi connectivity index (χ0v) is 10.6. The first-order valence-corrected chi connectivity index (χ1v) is 6.24. The number of nitro groups is 1. The third kappa shape index (κ3) is 3.20. The molecule has 0 saturated carbocycles. The number of rotatable bonds is 5. The van der Waals surface area contributed by atoms with Crippen LogP contribution in [0, 0.1) is 17.0 Å². The third-order valence-corrected chi connectivity index (χ3v) is 3.92. The normalized spacial score (nSPS) is 10.8. The summed E-state index contributed by atoms with van der Waals surface area (Å²) in [4.78, 5) is 14.3. The smallest absolute Gasteiger partial charge is 0.258 e. The fourth-order valence-electron chi connectivity index (χ4n) is 1.40. The zero-order valence-electron chi connectivity index (χ0n) is 9.77. The van der Waals surface area contributed by atoms with Gasteiger partial charge in [-0.1, -0.05) is 13.8 Å². The zero-order chi connectivity index (χ0) is 12.1. The summed E-state index contributed by atoms with van der Waals surface area (Å²) in [5.74, 6) is 0. The fourth-order valence-corrected chi connectivity index (χ4v) is 2.44. The van der Waals surface area contributed by atoms with E-state index in [9.17, 15) is 10.1 Å². The van der Waals surface area contributed by atoms with Gasteiger partial charge in [0.2, 0.25) is 0 Å². The predicted octanol–water partition coefficient (Wildman–Crippen LogP) is 3.58. The lowest BCUT2D eigenvalue weighted by atomic mass is 10.2. The molecule has 0 bridgehead atoms. The van der Waals surface area contributed by atoms with E-state index in [1.807, 2.05) is 0 Å². The maximum atomic E-state index is 10.6. The molecule has 0 spiro atoms. The van der Waals surface area contributed by atoms with Crippen LogP contribution in [-0.4, -0.2) is 15.2 Å². The van der Waals surface area contributed by atoms with Crippen molar-refractivity contribution < 1.29 is 4.92 Å². The Morgan fingerprint density at radius 1 is 1.50 bits per heavy atom. The van der Waals surface area contributed by atoms with Crippen LogP contribution in [0.15, 0.2) is 17.3 Å². The van der Waals surface area contributed by atoms with Gasteiger partial charge in [-0.2, -0.15) is 0 Å². The van der Waals surface area contributed by atoms with Crippen LogP contribution in [0.4, 0.5) is 5.69 Å². The molecule has 1 rings (SSSR count). The Balaban J connectivity index is 2.84. The highest BCUT2D eigenvalue weighted by molar-refractivity contribution is 7.99. The molecule has 0 radical (unpaired) electrons. The van der Waals surface area contributed by atoms with E-state index < -0.39 is 4.92 Å². The van der Waals surface area contributed by atoms with Gasteiger partial charge in [0, 0.05) is 10.8 Å². The number of nitrogens with zero attached hydrogens (tertiary/aromatic N) is 2. The number of thioether (sulfide) groups is 1. The van der Waals surface area contributed by atoms with Crippen LogP contribution in [0.25, 0.3) is 0 Å². The Kier molecular flexibility index (Phi) is 4.73. The highest BCUT2D eigenvalue weighted by Gasteiger charge is 2.13. The molecule has 0 aliphatic rings. The number of pyridine rings is 1. The summed E-state index contributed by atoms with van der Waals surface area (Å²) in [6.07, 6.45) is 3.51. The van der Waals surface area contributed by atoms with E-state index in [4.69, 9.17) is 0 Å². The lowest BCUT2D eigenvalue weighted by Gasteiger charge is -2.10. The minimum atomic E-state index is -0.395. The molecule has 1 aromatic rings. The van der Waals surface area contributed by atoms with E-state index >= 15 is 0 Å². The van der Waals surface area contributed by atoms with Crippen LogP contribution in [-0.2, 0) is 0 Å². The topological polar surface area (TPSA) is 56.0 Å².